The van der Waals surface area contributed by atoms with Crippen molar-refractivity contribution in [3.63, 3.8) is 0 Å². The van der Waals surface area contributed by atoms with Gasteiger partial charge >= 0.3 is 0 Å². The van der Waals surface area contributed by atoms with Crippen LogP contribution in [-0.2, 0) is 9.59 Å². The molecule has 3 aromatic rings. The number of hydrogen-bond acceptors (Lipinski definition) is 5. The van der Waals surface area contributed by atoms with Gasteiger partial charge in [0.05, 0.1) is 10.2 Å². The number of benzene rings is 2. The van der Waals surface area contributed by atoms with Crippen LogP contribution >= 0.6 is 11.3 Å². The summed E-state index contributed by atoms with van der Waals surface area (Å²) < 4.78 is 1.02. The number of hydrogen-bond donors (Lipinski definition) is 2. The zero-order valence-corrected chi connectivity index (χ0v) is 20.1. The minimum atomic E-state index is -0.403. The molecule has 168 valence electrons. The van der Waals surface area contributed by atoms with Gasteiger partial charge in [-0.05, 0) is 43.4 Å². The van der Waals surface area contributed by atoms with Gasteiger partial charge in [-0.2, -0.15) is 0 Å². The molecule has 2 N–H and O–H groups in total. The van der Waals surface area contributed by atoms with Crippen LogP contribution in [0.2, 0.25) is 0 Å². The minimum absolute atomic E-state index is 0.108. The van der Waals surface area contributed by atoms with Crippen molar-refractivity contribution in [3.8, 4) is 0 Å². The first-order valence-electron chi connectivity index (χ1n) is 11.2. The number of para-hydroxylation sites is 1. The maximum atomic E-state index is 13.6. The normalized spacial score (nSPS) is 20.0. The summed E-state index contributed by atoms with van der Waals surface area (Å²) in [4.78, 5) is 31.6. The topological polar surface area (TPSA) is 71.1 Å². The highest BCUT2D eigenvalue weighted by atomic mass is 32.1. The van der Waals surface area contributed by atoms with Crippen LogP contribution in [0.5, 0.6) is 0 Å². The highest BCUT2D eigenvalue weighted by molar-refractivity contribution is 7.22. The number of nitrogens with one attached hydrogen (secondary N) is 2. The van der Waals surface area contributed by atoms with E-state index in [1.54, 1.807) is 0 Å². The van der Waals surface area contributed by atoms with Gasteiger partial charge < -0.3 is 5.32 Å². The van der Waals surface area contributed by atoms with Gasteiger partial charge in [0.1, 0.15) is 0 Å². The van der Waals surface area contributed by atoms with Crippen molar-refractivity contribution in [1.29, 1.82) is 0 Å². The molecule has 1 aliphatic heterocycles. The number of aryl methyl sites for hydroxylation is 1. The number of amides is 1. The average molecular weight is 458 g/mol. The van der Waals surface area contributed by atoms with Crippen molar-refractivity contribution in [2.24, 2.45) is 5.41 Å². The van der Waals surface area contributed by atoms with E-state index in [0.29, 0.717) is 17.1 Å². The Morgan fingerprint density at radius 3 is 2.55 bits per heavy atom. The van der Waals surface area contributed by atoms with Gasteiger partial charge in [0.25, 0.3) is 5.91 Å². The second-order valence-corrected chi connectivity index (χ2v) is 10.8. The number of anilines is 1. The molecule has 2 aromatic carbocycles. The first-order chi connectivity index (χ1) is 15.7. The second kappa shape index (κ2) is 7.96. The maximum absolute atomic E-state index is 13.6. The number of carbonyl (C=O) groups excluding carboxylic acids is 2. The molecule has 5 rings (SSSR count). The van der Waals surface area contributed by atoms with E-state index in [1.807, 2.05) is 62.4 Å². The number of carbonyl (C=O) groups is 2. The second-order valence-electron chi connectivity index (χ2n) is 9.78. The quantitative estimate of drug-likeness (QED) is 0.518. The summed E-state index contributed by atoms with van der Waals surface area (Å²) >= 11 is 1.45. The molecule has 0 bridgehead atoms. The van der Waals surface area contributed by atoms with Gasteiger partial charge in [-0.1, -0.05) is 67.1 Å². The monoisotopic (exact) mass is 457 g/mol. The number of dihydropyridines is 1. The molecule has 1 atom stereocenters. The van der Waals surface area contributed by atoms with E-state index in [9.17, 15) is 9.59 Å². The van der Waals surface area contributed by atoms with Crippen molar-refractivity contribution < 1.29 is 9.59 Å². The molecule has 0 saturated carbocycles. The SMILES string of the molecule is CC1=C(C(=O)Nc2nc3ccccc3s2)[C@H](c2ccc(C)cc2)C2=C(CC(C)(C)CC2=O)N1. The lowest BCUT2D eigenvalue weighted by atomic mass is 9.68. The molecule has 1 amide bonds. The van der Waals surface area contributed by atoms with Gasteiger partial charge in [-0.15, -0.1) is 0 Å². The predicted molar refractivity (Wildman–Crippen MR) is 133 cm³/mol. The van der Waals surface area contributed by atoms with Crippen LogP contribution in [0.4, 0.5) is 5.13 Å². The molecule has 6 heteroatoms. The molecular formula is C27H27N3O2S. The fraction of sp³-hybridized carbons (Fsp3) is 0.296. The lowest BCUT2D eigenvalue weighted by molar-refractivity contribution is -0.118. The van der Waals surface area contributed by atoms with E-state index in [1.165, 1.54) is 11.3 Å². The number of thiazole rings is 1. The molecule has 2 heterocycles. The molecule has 0 radical (unpaired) electrons. The van der Waals surface area contributed by atoms with Gasteiger partial charge in [0.15, 0.2) is 10.9 Å². The molecule has 33 heavy (non-hydrogen) atoms. The molecule has 0 saturated heterocycles. The van der Waals surface area contributed by atoms with Crippen molar-refractivity contribution >= 4 is 38.4 Å². The molecule has 1 aliphatic carbocycles. The Balaban J connectivity index is 1.57. The molecular weight excluding hydrogens is 430 g/mol. The Bertz CT molecular complexity index is 1310. The van der Waals surface area contributed by atoms with E-state index in [0.717, 1.165) is 44.7 Å². The van der Waals surface area contributed by atoms with Crippen LogP contribution in [0.25, 0.3) is 10.2 Å². The van der Waals surface area contributed by atoms with Crippen molar-refractivity contribution in [3.05, 3.63) is 82.2 Å². The summed E-state index contributed by atoms with van der Waals surface area (Å²) in [5.74, 6) is -0.522. The predicted octanol–water partition coefficient (Wildman–Crippen LogP) is 5.85. The average Bonchev–Trinajstić information content (AvgIpc) is 3.14. The summed E-state index contributed by atoms with van der Waals surface area (Å²) in [6, 6.07) is 15.9. The Labute approximate surface area is 197 Å². The van der Waals surface area contributed by atoms with E-state index < -0.39 is 5.92 Å². The summed E-state index contributed by atoms with van der Waals surface area (Å²) in [5, 5.41) is 6.98. The van der Waals surface area contributed by atoms with Crippen LogP contribution in [0.3, 0.4) is 0 Å². The van der Waals surface area contributed by atoms with Crippen molar-refractivity contribution in [2.45, 2.75) is 46.5 Å². The Morgan fingerprint density at radius 2 is 1.82 bits per heavy atom. The van der Waals surface area contributed by atoms with Crippen LogP contribution in [0.1, 0.15) is 50.7 Å². The number of allylic oxidation sites excluding steroid dienone is 3. The van der Waals surface area contributed by atoms with E-state index >= 15 is 0 Å². The number of fused-ring (bicyclic) bond motifs is 1. The highest BCUT2D eigenvalue weighted by Gasteiger charge is 2.42. The van der Waals surface area contributed by atoms with E-state index in [4.69, 9.17) is 0 Å². The zero-order valence-electron chi connectivity index (χ0n) is 19.3. The standard InChI is InChI=1S/C27H27N3O2S/c1-15-9-11-17(12-10-15)23-22(16(2)28-19-13-27(3,4)14-20(31)24(19)23)25(32)30-26-29-18-7-5-6-8-21(18)33-26/h5-12,23,28H,13-14H2,1-4H3,(H,29,30,32)/t23-/m0/s1. The van der Waals surface area contributed by atoms with Crippen LogP contribution in [0, 0.1) is 12.3 Å². The third-order valence-corrected chi connectivity index (χ3v) is 7.36. The van der Waals surface area contributed by atoms with Crippen LogP contribution in [-0.4, -0.2) is 16.7 Å². The molecule has 5 nitrogen and oxygen atoms in total. The van der Waals surface area contributed by atoms with Gasteiger partial charge in [0.2, 0.25) is 0 Å². The van der Waals surface area contributed by atoms with Crippen LogP contribution in [0.15, 0.2) is 71.1 Å². The van der Waals surface area contributed by atoms with Gasteiger partial charge in [-0.3, -0.25) is 14.9 Å². The Hall–Kier alpha value is -3.25. The molecule has 0 unspecified atom stereocenters. The number of rotatable bonds is 3. The van der Waals surface area contributed by atoms with Crippen molar-refractivity contribution in [1.82, 2.24) is 10.3 Å². The third-order valence-electron chi connectivity index (χ3n) is 6.41. The Kier molecular flexibility index (Phi) is 5.20. The van der Waals surface area contributed by atoms with Gasteiger partial charge in [0, 0.05) is 34.9 Å². The molecule has 1 aromatic heterocycles. The number of ketones is 1. The molecule has 0 fully saturated rings. The fourth-order valence-electron chi connectivity index (χ4n) is 4.92. The third kappa shape index (κ3) is 4.00. The maximum Gasteiger partial charge on any atom is 0.256 e. The smallest absolute Gasteiger partial charge is 0.256 e. The molecule has 0 spiro atoms. The largest absolute Gasteiger partial charge is 0.362 e. The summed E-state index contributed by atoms with van der Waals surface area (Å²) in [6.45, 7) is 8.19. The number of aromatic nitrogens is 1. The summed E-state index contributed by atoms with van der Waals surface area (Å²) in [6.07, 6.45) is 1.25. The fourth-order valence-corrected chi connectivity index (χ4v) is 5.78. The molecule has 2 aliphatic rings. The van der Waals surface area contributed by atoms with Crippen LogP contribution < -0.4 is 10.6 Å². The minimum Gasteiger partial charge on any atom is -0.362 e. The highest BCUT2D eigenvalue weighted by Crippen LogP contribution is 2.46. The van der Waals surface area contributed by atoms with Crippen molar-refractivity contribution in [2.75, 3.05) is 5.32 Å². The van der Waals surface area contributed by atoms with E-state index in [-0.39, 0.29) is 17.1 Å². The lowest BCUT2D eigenvalue weighted by Crippen LogP contribution is -2.39. The summed E-state index contributed by atoms with van der Waals surface area (Å²) in [7, 11) is 0. The van der Waals surface area contributed by atoms with Gasteiger partial charge in [-0.25, -0.2) is 4.98 Å². The Morgan fingerprint density at radius 1 is 1.09 bits per heavy atom. The number of nitrogens with zero attached hydrogens (tertiary/aromatic N) is 1. The zero-order chi connectivity index (χ0) is 23.3. The summed E-state index contributed by atoms with van der Waals surface area (Å²) in [5.41, 5.74) is 5.86. The first kappa shape index (κ1) is 21.6. The first-order valence-corrected chi connectivity index (χ1v) is 12.0. The number of Topliss-reactive ketones (excluding diaryl/α,β-unsaturated/α-hetero) is 1. The lowest BCUT2D eigenvalue weighted by Gasteiger charge is -2.39. The van der Waals surface area contributed by atoms with E-state index in [2.05, 4.69) is 29.5 Å².